The number of rotatable bonds is 3. The molecule has 1 atom stereocenters. The third kappa shape index (κ3) is 2.84. The Morgan fingerprint density at radius 2 is 2.10 bits per heavy atom. The van der Waals surface area contributed by atoms with E-state index >= 15 is 0 Å². The van der Waals surface area contributed by atoms with Gasteiger partial charge in [0.05, 0.1) is 17.4 Å². The van der Waals surface area contributed by atoms with Crippen molar-refractivity contribution < 1.29 is 4.79 Å². The standard InChI is InChI=1S/C17H21N3O/c1-2-15-8-6-7-11-19(15)17(21)14-12-18-20(13-14)16-9-4-3-5-10-16/h3-5,9-10,12-13,15H,2,6-8,11H2,1H3. The fourth-order valence-corrected chi connectivity index (χ4v) is 3.01. The van der Waals surface area contributed by atoms with E-state index in [1.165, 1.54) is 6.42 Å². The number of amides is 1. The van der Waals surface area contributed by atoms with E-state index in [-0.39, 0.29) is 5.91 Å². The minimum atomic E-state index is 0.115. The van der Waals surface area contributed by atoms with Crippen molar-refractivity contribution in [1.29, 1.82) is 0 Å². The van der Waals surface area contributed by atoms with Gasteiger partial charge in [0.25, 0.3) is 5.91 Å². The van der Waals surface area contributed by atoms with Crippen LogP contribution < -0.4 is 0 Å². The van der Waals surface area contributed by atoms with Gasteiger partial charge in [0, 0.05) is 18.8 Å². The molecule has 0 N–H and O–H groups in total. The zero-order valence-electron chi connectivity index (χ0n) is 12.4. The second kappa shape index (κ2) is 6.12. The largest absolute Gasteiger partial charge is 0.336 e. The first-order valence-electron chi connectivity index (χ1n) is 7.70. The Kier molecular flexibility index (Phi) is 4.04. The van der Waals surface area contributed by atoms with Gasteiger partial charge in [-0.3, -0.25) is 4.79 Å². The number of likely N-dealkylation sites (tertiary alicyclic amines) is 1. The predicted molar refractivity (Wildman–Crippen MR) is 82.5 cm³/mol. The molecule has 110 valence electrons. The van der Waals surface area contributed by atoms with Crippen molar-refractivity contribution in [1.82, 2.24) is 14.7 Å². The van der Waals surface area contributed by atoms with E-state index in [9.17, 15) is 4.79 Å². The maximum absolute atomic E-state index is 12.7. The van der Waals surface area contributed by atoms with Gasteiger partial charge < -0.3 is 4.90 Å². The van der Waals surface area contributed by atoms with Crippen LogP contribution in [0.25, 0.3) is 5.69 Å². The predicted octanol–water partition coefficient (Wildman–Crippen LogP) is 3.28. The van der Waals surface area contributed by atoms with Gasteiger partial charge in [0.1, 0.15) is 0 Å². The lowest BCUT2D eigenvalue weighted by atomic mass is 9.99. The van der Waals surface area contributed by atoms with Crippen LogP contribution >= 0.6 is 0 Å². The van der Waals surface area contributed by atoms with Crippen LogP contribution in [0.4, 0.5) is 0 Å². The van der Waals surface area contributed by atoms with Crippen molar-refractivity contribution in [3.05, 3.63) is 48.3 Å². The quantitative estimate of drug-likeness (QED) is 0.867. The van der Waals surface area contributed by atoms with Crippen molar-refractivity contribution in [2.24, 2.45) is 0 Å². The maximum Gasteiger partial charge on any atom is 0.257 e. The van der Waals surface area contributed by atoms with Gasteiger partial charge in [-0.05, 0) is 37.8 Å². The van der Waals surface area contributed by atoms with E-state index in [0.29, 0.717) is 11.6 Å². The third-order valence-electron chi connectivity index (χ3n) is 4.21. The Morgan fingerprint density at radius 1 is 1.29 bits per heavy atom. The van der Waals surface area contributed by atoms with Crippen LogP contribution in [0.1, 0.15) is 43.0 Å². The van der Waals surface area contributed by atoms with Crippen LogP contribution in [-0.2, 0) is 0 Å². The summed E-state index contributed by atoms with van der Waals surface area (Å²) in [4.78, 5) is 14.7. The molecule has 0 bridgehead atoms. The van der Waals surface area contributed by atoms with Crippen LogP contribution in [0.2, 0.25) is 0 Å². The molecule has 1 amide bonds. The lowest BCUT2D eigenvalue weighted by Crippen LogP contribution is -2.43. The topological polar surface area (TPSA) is 38.1 Å². The number of para-hydroxylation sites is 1. The molecule has 0 spiro atoms. The first kappa shape index (κ1) is 13.9. The van der Waals surface area contributed by atoms with Crippen molar-refractivity contribution in [2.75, 3.05) is 6.54 Å². The summed E-state index contributed by atoms with van der Waals surface area (Å²) in [5, 5.41) is 4.32. The molecule has 4 heteroatoms. The summed E-state index contributed by atoms with van der Waals surface area (Å²) in [5.74, 6) is 0.115. The van der Waals surface area contributed by atoms with Crippen molar-refractivity contribution in [3.8, 4) is 5.69 Å². The van der Waals surface area contributed by atoms with E-state index in [1.54, 1.807) is 10.9 Å². The summed E-state index contributed by atoms with van der Waals surface area (Å²) in [5.41, 5.74) is 1.65. The van der Waals surface area contributed by atoms with E-state index in [1.807, 2.05) is 41.4 Å². The van der Waals surface area contributed by atoms with E-state index in [4.69, 9.17) is 0 Å². The number of carbonyl (C=O) groups excluding carboxylic acids is 1. The van der Waals surface area contributed by atoms with Crippen LogP contribution in [-0.4, -0.2) is 33.2 Å². The molecule has 0 radical (unpaired) electrons. The van der Waals surface area contributed by atoms with Gasteiger partial charge in [-0.1, -0.05) is 25.1 Å². The van der Waals surface area contributed by atoms with Gasteiger partial charge >= 0.3 is 0 Å². The fraction of sp³-hybridized carbons (Fsp3) is 0.412. The number of benzene rings is 1. The van der Waals surface area contributed by atoms with Gasteiger partial charge in [-0.15, -0.1) is 0 Å². The van der Waals surface area contributed by atoms with E-state index in [0.717, 1.165) is 31.5 Å². The second-order valence-electron chi connectivity index (χ2n) is 5.57. The molecule has 4 nitrogen and oxygen atoms in total. The lowest BCUT2D eigenvalue weighted by molar-refractivity contribution is 0.0608. The van der Waals surface area contributed by atoms with Crippen molar-refractivity contribution >= 4 is 5.91 Å². The lowest BCUT2D eigenvalue weighted by Gasteiger charge is -2.35. The monoisotopic (exact) mass is 283 g/mol. The van der Waals surface area contributed by atoms with Crippen LogP contribution in [0.15, 0.2) is 42.7 Å². The molecule has 3 rings (SSSR count). The highest BCUT2D eigenvalue weighted by Gasteiger charge is 2.26. The molecule has 0 saturated carbocycles. The Bertz CT molecular complexity index is 606. The number of carbonyl (C=O) groups is 1. The minimum Gasteiger partial charge on any atom is -0.336 e. The van der Waals surface area contributed by atoms with Gasteiger partial charge in [-0.25, -0.2) is 4.68 Å². The molecule has 1 aromatic carbocycles. The Labute approximate surface area is 125 Å². The third-order valence-corrected chi connectivity index (χ3v) is 4.21. The number of piperidine rings is 1. The van der Waals surface area contributed by atoms with Crippen LogP contribution in [0.5, 0.6) is 0 Å². The zero-order chi connectivity index (χ0) is 14.7. The molecule has 2 aromatic rings. The number of nitrogens with zero attached hydrogens (tertiary/aromatic N) is 3. The average molecular weight is 283 g/mol. The molecule has 0 aliphatic carbocycles. The fourth-order valence-electron chi connectivity index (χ4n) is 3.01. The summed E-state index contributed by atoms with van der Waals surface area (Å²) >= 11 is 0. The molecule has 1 aromatic heterocycles. The average Bonchev–Trinajstić information content (AvgIpc) is 3.05. The normalized spacial score (nSPS) is 18.7. The SMILES string of the molecule is CCC1CCCCN1C(=O)c1cnn(-c2ccccc2)c1. The van der Waals surface area contributed by atoms with Gasteiger partial charge in [-0.2, -0.15) is 5.10 Å². The Balaban J connectivity index is 1.81. The zero-order valence-corrected chi connectivity index (χ0v) is 12.4. The smallest absolute Gasteiger partial charge is 0.257 e. The van der Waals surface area contributed by atoms with Crippen molar-refractivity contribution in [2.45, 2.75) is 38.6 Å². The summed E-state index contributed by atoms with van der Waals surface area (Å²) < 4.78 is 1.76. The first-order valence-corrected chi connectivity index (χ1v) is 7.70. The highest BCUT2D eigenvalue weighted by molar-refractivity contribution is 5.94. The molecule has 1 fully saturated rings. The molecular weight excluding hydrogens is 262 g/mol. The number of hydrogen-bond donors (Lipinski definition) is 0. The Hall–Kier alpha value is -2.10. The maximum atomic E-state index is 12.7. The molecule has 21 heavy (non-hydrogen) atoms. The van der Waals surface area contributed by atoms with E-state index in [2.05, 4.69) is 12.0 Å². The minimum absolute atomic E-state index is 0.115. The summed E-state index contributed by atoms with van der Waals surface area (Å²) in [7, 11) is 0. The highest BCUT2D eigenvalue weighted by Crippen LogP contribution is 2.22. The molecule has 1 saturated heterocycles. The molecule has 1 aliphatic heterocycles. The number of aromatic nitrogens is 2. The summed E-state index contributed by atoms with van der Waals surface area (Å²) in [6, 6.07) is 10.3. The van der Waals surface area contributed by atoms with Crippen LogP contribution in [0, 0.1) is 0 Å². The Morgan fingerprint density at radius 3 is 2.86 bits per heavy atom. The number of hydrogen-bond acceptors (Lipinski definition) is 2. The van der Waals surface area contributed by atoms with Gasteiger partial charge in [0.15, 0.2) is 0 Å². The second-order valence-corrected chi connectivity index (χ2v) is 5.57. The molecule has 1 unspecified atom stereocenters. The van der Waals surface area contributed by atoms with Crippen LogP contribution in [0.3, 0.4) is 0 Å². The highest BCUT2D eigenvalue weighted by atomic mass is 16.2. The molecular formula is C17H21N3O. The first-order chi connectivity index (χ1) is 10.3. The summed E-state index contributed by atoms with van der Waals surface area (Å²) in [6.45, 7) is 3.03. The summed E-state index contributed by atoms with van der Waals surface area (Å²) in [6.07, 6.45) is 7.99. The van der Waals surface area contributed by atoms with E-state index < -0.39 is 0 Å². The van der Waals surface area contributed by atoms with Crippen molar-refractivity contribution in [3.63, 3.8) is 0 Å². The van der Waals surface area contributed by atoms with Gasteiger partial charge in [0.2, 0.25) is 0 Å². The molecule has 2 heterocycles. The molecule has 1 aliphatic rings.